The lowest BCUT2D eigenvalue weighted by molar-refractivity contribution is 0.0954. The first kappa shape index (κ1) is 17.4. The van der Waals surface area contributed by atoms with Crippen molar-refractivity contribution in [2.45, 2.75) is 65.7 Å². The standard InChI is InChI=1S/C18H28N2O/c1-6-8-16(9-7-2)19-20-17(21)14-10-12-15(13-11-14)18(3,4)5/h10-13H,6-9H2,1-5H3,(H,20,21). The zero-order valence-electron chi connectivity index (χ0n) is 14.0. The molecule has 0 saturated heterocycles. The van der Waals surface area contributed by atoms with Crippen LogP contribution in [0.1, 0.15) is 76.2 Å². The Morgan fingerprint density at radius 3 is 2.00 bits per heavy atom. The molecule has 1 rings (SSSR count). The molecule has 1 amide bonds. The van der Waals surface area contributed by atoms with Gasteiger partial charge in [-0.3, -0.25) is 4.79 Å². The number of nitrogens with one attached hydrogen (secondary N) is 1. The van der Waals surface area contributed by atoms with Gasteiger partial charge >= 0.3 is 0 Å². The van der Waals surface area contributed by atoms with Gasteiger partial charge in [-0.2, -0.15) is 5.10 Å². The van der Waals surface area contributed by atoms with Crippen LogP contribution < -0.4 is 5.43 Å². The first-order valence-electron chi connectivity index (χ1n) is 7.84. The summed E-state index contributed by atoms with van der Waals surface area (Å²) < 4.78 is 0. The minimum absolute atomic E-state index is 0.0998. The molecule has 21 heavy (non-hydrogen) atoms. The molecule has 3 heteroatoms. The molecule has 0 aliphatic heterocycles. The molecule has 0 heterocycles. The van der Waals surface area contributed by atoms with Crippen molar-refractivity contribution in [2.24, 2.45) is 5.10 Å². The quantitative estimate of drug-likeness (QED) is 0.600. The van der Waals surface area contributed by atoms with Gasteiger partial charge in [-0.05, 0) is 36.0 Å². The summed E-state index contributed by atoms with van der Waals surface area (Å²) in [5, 5.41) is 4.27. The summed E-state index contributed by atoms with van der Waals surface area (Å²) in [6.45, 7) is 10.7. The van der Waals surface area contributed by atoms with Crippen LogP contribution in [-0.2, 0) is 5.41 Å². The fourth-order valence-electron chi connectivity index (χ4n) is 2.13. The lowest BCUT2D eigenvalue weighted by atomic mass is 9.87. The highest BCUT2D eigenvalue weighted by molar-refractivity contribution is 5.95. The van der Waals surface area contributed by atoms with Crippen molar-refractivity contribution >= 4 is 11.6 Å². The van der Waals surface area contributed by atoms with Gasteiger partial charge in [-0.1, -0.05) is 59.6 Å². The third kappa shape index (κ3) is 5.70. The van der Waals surface area contributed by atoms with Gasteiger partial charge in [0, 0.05) is 11.3 Å². The second-order valence-corrected chi connectivity index (χ2v) is 6.45. The molecule has 0 aromatic heterocycles. The van der Waals surface area contributed by atoms with Crippen LogP contribution in [-0.4, -0.2) is 11.6 Å². The second kappa shape index (κ2) is 7.96. The molecule has 1 aromatic carbocycles. The van der Waals surface area contributed by atoms with Gasteiger partial charge in [0.05, 0.1) is 0 Å². The van der Waals surface area contributed by atoms with Crippen LogP contribution >= 0.6 is 0 Å². The van der Waals surface area contributed by atoms with Crippen molar-refractivity contribution in [3.63, 3.8) is 0 Å². The summed E-state index contributed by atoms with van der Waals surface area (Å²) in [6.07, 6.45) is 3.98. The molecule has 1 aromatic rings. The van der Waals surface area contributed by atoms with Gasteiger partial charge in [0.25, 0.3) is 5.91 Å². The van der Waals surface area contributed by atoms with Crippen molar-refractivity contribution in [3.8, 4) is 0 Å². The molecule has 1 N–H and O–H groups in total. The van der Waals surface area contributed by atoms with Crippen LogP contribution in [0.5, 0.6) is 0 Å². The Morgan fingerprint density at radius 2 is 1.57 bits per heavy atom. The van der Waals surface area contributed by atoms with Crippen LogP contribution in [0.15, 0.2) is 29.4 Å². The molecule has 0 aliphatic carbocycles. The number of hydrogen-bond acceptors (Lipinski definition) is 2. The van der Waals surface area contributed by atoms with Crippen molar-refractivity contribution < 1.29 is 4.79 Å². The molecule has 116 valence electrons. The van der Waals surface area contributed by atoms with E-state index in [9.17, 15) is 4.79 Å². The zero-order valence-corrected chi connectivity index (χ0v) is 14.0. The van der Waals surface area contributed by atoms with Gasteiger partial charge in [0.1, 0.15) is 0 Å². The largest absolute Gasteiger partial charge is 0.271 e. The predicted molar refractivity (Wildman–Crippen MR) is 89.9 cm³/mol. The maximum atomic E-state index is 12.1. The Morgan fingerprint density at radius 1 is 1.05 bits per heavy atom. The van der Waals surface area contributed by atoms with E-state index in [4.69, 9.17) is 0 Å². The summed E-state index contributed by atoms with van der Waals surface area (Å²) >= 11 is 0. The first-order chi connectivity index (χ1) is 9.88. The summed E-state index contributed by atoms with van der Waals surface area (Å²) in [6, 6.07) is 7.75. The van der Waals surface area contributed by atoms with E-state index < -0.39 is 0 Å². The highest BCUT2D eigenvalue weighted by Crippen LogP contribution is 2.22. The van der Waals surface area contributed by atoms with Gasteiger partial charge in [0.15, 0.2) is 0 Å². The van der Waals surface area contributed by atoms with E-state index in [1.165, 1.54) is 5.56 Å². The van der Waals surface area contributed by atoms with Crippen molar-refractivity contribution in [1.82, 2.24) is 5.43 Å². The van der Waals surface area contributed by atoms with E-state index in [0.29, 0.717) is 5.56 Å². The number of carbonyl (C=O) groups excluding carboxylic acids is 1. The molecular weight excluding hydrogens is 260 g/mol. The highest BCUT2D eigenvalue weighted by Gasteiger charge is 2.14. The number of hydrogen-bond donors (Lipinski definition) is 1. The molecule has 3 nitrogen and oxygen atoms in total. The zero-order chi connectivity index (χ0) is 15.9. The van der Waals surface area contributed by atoms with E-state index in [2.05, 4.69) is 45.1 Å². The van der Waals surface area contributed by atoms with E-state index in [1.54, 1.807) is 0 Å². The average molecular weight is 288 g/mol. The average Bonchev–Trinajstić information content (AvgIpc) is 2.44. The number of benzene rings is 1. The number of amides is 1. The molecule has 0 aliphatic rings. The number of carbonyl (C=O) groups is 1. The SMILES string of the molecule is CCCC(CCC)=NNC(=O)c1ccc(C(C)(C)C)cc1. The monoisotopic (exact) mass is 288 g/mol. The van der Waals surface area contributed by atoms with Crippen molar-refractivity contribution in [2.75, 3.05) is 0 Å². The van der Waals surface area contributed by atoms with Crippen LogP contribution in [0.25, 0.3) is 0 Å². The van der Waals surface area contributed by atoms with Gasteiger partial charge < -0.3 is 0 Å². The molecule has 0 saturated carbocycles. The number of rotatable bonds is 6. The lowest BCUT2D eigenvalue weighted by Gasteiger charge is -2.18. The fraction of sp³-hybridized carbons (Fsp3) is 0.556. The minimum Gasteiger partial charge on any atom is -0.267 e. The summed E-state index contributed by atoms with van der Waals surface area (Å²) in [4.78, 5) is 12.1. The molecule has 0 atom stereocenters. The number of hydrazone groups is 1. The highest BCUT2D eigenvalue weighted by atomic mass is 16.2. The third-order valence-electron chi connectivity index (χ3n) is 3.41. The number of nitrogens with zero attached hydrogens (tertiary/aromatic N) is 1. The first-order valence-corrected chi connectivity index (χ1v) is 7.84. The van der Waals surface area contributed by atoms with Crippen LogP contribution in [0.3, 0.4) is 0 Å². The van der Waals surface area contributed by atoms with Crippen LogP contribution in [0.4, 0.5) is 0 Å². The Kier molecular flexibility index (Phi) is 6.60. The second-order valence-electron chi connectivity index (χ2n) is 6.45. The summed E-state index contributed by atoms with van der Waals surface area (Å²) in [5.41, 5.74) is 5.72. The summed E-state index contributed by atoms with van der Waals surface area (Å²) in [5.74, 6) is -0.139. The Hall–Kier alpha value is -1.64. The Bertz CT molecular complexity index is 473. The molecule has 0 unspecified atom stereocenters. The Balaban J connectivity index is 2.73. The van der Waals surface area contributed by atoms with Crippen molar-refractivity contribution in [3.05, 3.63) is 35.4 Å². The maximum absolute atomic E-state index is 12.1. The third-order valence-corrected chi connectivity index (χ3v) is 3.41. The van der Waals surface area contributed by atoms with Crippen LogP contribution in [0, 0.1) is 0 Å². The molecule has 0 spiro atoms. The van der Waals surface area contributed by atoms with Gasteiger partial charge in [0.2, 0.25) is 0 Å². The summed E-state index contributed by atoms with van der Waals surface area (Å²) in [7, 11) is 0. The van der Waals surface area contributed by atoms with E-state index in [1.807, 2.05) is 24.3 Å². The van der Waals surface area contributed by atoms with E-state index in [-0.39, 0.29) is 11.3 Å². The molecule has 0 radical (unpaired) electrons. The topological polar surface area (TPSA) is 41.5 Å². The van der Waals surface area contributed by atoms with Gasteiger partial charge in [-0.15, -0.1) is 0 Å². The molecular formula is C18H28N2O. The maximum Gasteiger partial charge on any atom is 0.271 e. The predicted octanol–water partition coefficient (Wildman–Crippen LogP) is 4.67. The minimum atomic E-state index is -0.139. The van der Waals surface area contributed by atoms with E-state index in [0.717, 1.165) is 31.4 Å². The van der Waals surface area contributed by atoms with Crippen molar-refractivity contribution in [1.29, 1.82) is 0 Å². The normalized spacial score (nSPS) is 11.1. The van der Waals surface area contributed by atoms with E-state index >= 15 is 0 Å². The molecule has 0 bridgehead atoms. The lowest BCUT2D eigenvalue weighted by Crippen LogP contribution is -2.20. The Labute approximate surface area is 128 Å². The molecule has 0 fully saturated rings. The smallest absolute Gasteiger partial charge is 0.267 e. The fourth-order valence-corrected chi connectivity index (χ4v) is 2.13. The van der Waals surface area contributed by atoms with Crippen LogP contribution in [0.2, 0.25) is 0 Å². The van der Waals surface area contributed by atoms with Gasteiger partial charge in [-0.25, -0.2) is 5.43 Å².